The number of hydrogen-bond donors (Lipinski definition) is 1. The van der Waals surface area contributed by atoms with Crippen molar-refractivity contribution in [3.05, 3.63) is 62.7 Å². The van der Waals surface area contributed by atoms with Crippen molar-refractivity contribution in [3.8, 4) is 0 Å². The second kappa shape index (κ2) is 6.43. The van der Waals surface area contributed by atoms with Gasteiger partial charge in [-0.2, -0.15) is 4.72 Å². The minimum absolute atomic E-state index is 0.139. The number of benzene rings is 1. The fourth-order valence-corrected chi connectivity index (χ4v) is 7.02. The Bertz CT molecular complexity index is 850. The van der Waals surface area contributed by atoms with Gasteiger partial charge >= 0.3 is 0 Å². The van der Waals surface area contributed by atoms with Crippen molar-refractivity contribution in [1.29, 1.82) is 0 Å². The van der Waals surface area contributed by atoms with Crippen molar-refractivity contribution < 1.29 is 8.42 Å². The van der Waals surface area contributed by atoms with Gasteiger partial charge in [-0.3, -0.25) is 0 Å². The van der Waals surface area contributed by atoms with Crippen LogP contribution in [-0.4, -0.2) is 13.4 Å². The van der Waals surface area contributed by atoms with Crippen molar-refractivity contribution in [2.45, 2.75) is 22.1 Å². The molecule has 1 aromatic heterocycles. The van der Waals surface area contributed by atoms with Crippen LogP contribution in [0.25, 0.3) is 0 Å². The van der Waals surface area contributed by atoms with Gasteiger partial charge in [0.2, 0.25) is 10.0 Å². The van der Waals surface area contributed by atoms with E-state index < -0.39 is 15.0 Å². The number of halogens is 2. The molecule has 0 fully saturated rings. The average molecular weight is 406 g/mol. The molecule has 0 saturated carbocycles. The number of sulfonamides is 1. The second-order valence-electron chi connectivity index (χ2n) is 5.07. The van der Waals surface area contributed by atoms with E-state index in [1.807, 2.05) is 22.9 Å². The molecule has 0 amide bonds. The van der Waals surface area contributed by atoms with Gasteiger partial charge in [0.25, 0.3) is 0 Å². The van der Waals surface area contributed by atoms with Gasteiger partial charge < -0.3 is 0 Å². The van der Waals surface area contributed by atoms with E-state index in [0.29, 0.717) is 10.6 Å². The van der Waals surface area contributed by atoms with Crippen LogP contribution in [0, 0.1) is 6.92 Å². The molecule has 1 aromatic carbocycles. The minimum atomic E-state index is -3.81. The standard InChI is InChI=1S/C15H13Cl2NO2S3/c1-10-11(16)4-2-6-13(10)23(19,20)18-15(17)7-9-22-14(15)12-5-3-8-21-12/h2-9,14,18H,1H3. The van der Waals surface area contributed by atoms with Gasteiger partial charge in [-0.05, 0) is 47.6 Å². The molecule has 0 saturated heterocycles. The first-order chi connectivity index (χ1) is 10.8. The summed E-state index contributed by atoms with van der Waals surface area (Å²) in [5, 5.41) is 3.97. The lowest BCUT2D eigenvalue weighted by atomic mass is 10.2. The first-order valence-electron chi connectivity index (χ1n) is 6.68. The third-order valence-corrected chi connectivity index (χ3v) is 8.50. The number of nitrogens with one attached hydrogen (secondary N) is 1. The van der Waals surface area contributed by atoms with E-state index in [0.717, 1.165) is 4.88 Å². The molecule has 2 atom stereocenters. The summed E-state index contributed by atoms with van der Waals surface area (Å²) < 4.78 is 28.2. The van der Waals surface area contributed by atoms with Crippen LogP contribution in [-0.2, 0) is 10.0 Å². The Labute approximate surface area is 153 Å². The smallest absolute Gasteiger partial charge is 0.207 e. The summed E-state index contributed by atoms with van der Waals surface area (Å²) in [5.41, 5.74) is 0.504. The second-order valence-corrected chi connectivity index (χ2v) is 9.75. The fourth-order valence-electron chi connectivity index (χ4n) is 2.35. The molecule has 122 valence electrons. The van der Waals surface area contributed by atoms with E-state index in [4.69, 9.17) is 23.2 Å². The Morgan fingerprint density at radius 1 is 1.26 bits per heavy atom. The van der Waals surface area contributed by atoms with Gasteiger partial charge in [0.1, 0.15) is 5.00 Å². The van der Waals surface area contributed by atoms with Crippen LogP contribution >= 0.6 is 46.3 Å². The molecule has 0 radical (unpaired) electrons. The van der Waals surface area contributed by atoms with E-state index in [-0.39, 0.29) is 10.1 Å². The Hall–Kier alpha value is -0.500. The zero-order chi connectivity index (χ0) is 16.7. The molecule has 2 aromatic rings. The van der Waals surface area contributed by atoms with Crippen LogP contribution < -0.4 is 4.72 Å². The predicted molar refractivity (Wildman–Crippen MR) is 98.9 cm³/mol. The summed E-state index contributed by atoms with van der Waals surface area (Å²) in [6.07, 6.45) is 1.68. The van der Waals surface area contributed by atoms with Crippen molar-refractivity contribution in [3.63, 3.8) is 0 Å². The third kappa shape index (κ3) is 3.34. The first-order valence-corrected chi connectivity index (χ1v) is 10.7. The zero-order valence-electron chi connectivity index (χ0n) is 12.0. The first kappa shape index (κ1) is 17.3. The van der Waals surface area contributed by atoms with E-state index in [9.17, 15) is 8.42 Å². The number of rotatable bonds is 4. The lowest BCUT2D eigenvalue weighted by Gasteiger charge is -2.28. The average Bonchev–Trinajstić information content (AvgIpc) is 3.10. The lowest BCUT2D eigenvalue weighted by molar-refractivity contribution is 0.556. The molecule has 3 nitrogen and oxygen atoms in total. The molecule has 2 unspecified atom stereocenters. The largest absolute Gasteiger partial charge is 0.242 e. The van der Waals surface area contributed by atoms with Crippen LogP contribution in [0.15, 0.2) is 52.1 Å². The summed E-state index contributed by atoms with van der Waals surface area (Å²) in [6.45, 7) is 1.67. The summed E-state index contributed by atoms with van der Waals surface area (Å²) in [4.78, 5) is -0.0518. The van der Waals surface area contributed by atoms with Gasteiger partial charge in [0.05, 0.1) is 10.1 Å². The summed E-state index contributed by atoms with van der Waals surface area (Å²) in [7, 11) is -3.81. The number of thioether (sulfide) groups is 1. The molecule has 8 heteroatoms. The Balaban J connectivity index is 1.96. The Morgan fingerprint density at radius 3 is 2.74 bits per heavy atom. The van der Waals surface area contributed by atoms with Crippen molar-refractivity contribution in [2.24, 2.45) is 0 Å². The maximum absolute atomic E-state index is 12.8. The van der Waals surface area contributed by atoms with Crippen LogP contribution in [0.1, 0.15) is 15.7 Å². The molecule has 1 N–H and O–H groups in total. The SMILES string of the molecule is Cc1c(Cl)cccc1S(=O)(=O)NC1(Cl)C=CSC1c1cccs1. The van der Waals surface area contributed by atoms with Crippen molar-refractivity contribution in [2.75, 3.05) is 0 Å². The van der Waals surface area contributed by atoms with E-state index in [1.165, 1.54) is 17.8 Å². The van der Waals surface area contributed by atoms with Gasteiger partial charge in [0, 0.05) is 9.90 Å². The minimum Gasteiger partial charge on any atom is -0.207 e. The maximum atomic E-state index is 12.8. The Kier molecular flexibility index (Phi) is 4.84. The molecule has 23 heavy (non-hydrogen) atoms. The van der Waals surface area contributed by atoms with Gasteiger partial charge in [-0.1, -0.05) is 35.3 Å². The van der Waals surface area contributed by atoms with E-state index in [1.54, 1.807) is 36.5 Å². The van der Waals surface area contributed by atoms with Crippen molar-refractivity contribution >= 4 is 56.3 Å². The highest BCUT2D eigenvalue weighted by Crippen LogP contribution is 2.49. The van der Waals surface area contributed by atoms with Crippen LogP contribution in [0.5, 0.6) is 0 Å². The predicted octanol–water partition coefficient (Wildman–Crippen LogP) is 4.93. The molecule has 1 aliphatic heterocycles. The highest BCUT2D eigenvalue weighted by atomic mass is 35.5. The quantitative estimate of drug-likeness (QED) is 0.579. The van der Waals surface area contributed by atoms with Gasteiger partial charge in [0.15, 0.2) is 0 Å². The zero-order valence-corrected chi connectivity index (χ0v) is 16.0. The molecule has 0 spiro atoms. The molecule has 3 rings (SSSR count). The Morgan fingerprint density at radius 2 is 2.04 bits per heavy atom. The molecular formula is C15H13Cl2NO2S3. The highest BCUT2D eigenvalue weighted by Gasteiger charge is 2.43. The molecular weight excluding hydrogens is 393 g/mol. The summed E-state index contributed by atoms with van der Waals surface area (Å²) >= 11 is 15.7. The van der Waals surface area contributed by atoms with Crippen LogP contribution in [0.3, 0.4) is 0 Å². The molecule has 0 aliphatic carbocycles. The normalized spacial score (nSPS) is 24.2. The van der Waals surface area contributed by atoms with Crippen molar-refractivity contribution in [1.82, 2.24) is 4.72 Å². The molecule has 2 heterocycles. The van der Waals surface area contributed by atoms with Gasteiger partial charge in [-0.25, -0.2) is 8.42 Å². The van der Waals surface area contributed by atoms with E-state index in [2.05, 4.69) is 4.72 Å². The highest BCUT2D eigenvalue weighted by molar-refractivity contribution is 8.03. The topological polar surface area (TPSA) is 46.2 Å². The third-order valence-electron chi connectivity index (χ3n) is 3.51. The van der Waals surface area contributed by atoms with E-state index >= 15 is 0 Å². The lowest BCUT2D eigenvalue weighted by Crippen LogP contribution is -2.44. The van der Waals surface area contributed by atoms with Crippen LogP contribution in [0.2, 0.25) is 5.02 Å². The summed E-state index contributed by atoms with van der Waals surface area (Å²) in [6, 6.07) is 8.67. The fraction of sp³-hybridized carbons (Fsp3) is 0.200. The molecule has 1 aliphatic rings. The number of hydrogen-bond acceptors (Lipinski definition) is 4. The monoisotopic (exact) mass is 405 g/mol. The number of thiophene rings is 1. The maximum Gasteiger partial charge on any atom is 0.242 e. The van der Waals surface area contributed by atoms with Crippen LogP contribution in [0.4, 0.5) is 0 Å². The molecule has 0 bridgehead atoms. The van der Waals surface area contributed by atoms with Gasteiger partial charge in [-0.15, -0.1) is 23.1 Å². The summed E-state index contributed by atoms with van der Waals surface area (Å²) in [5.74, 6) is 0. The number of alkyl halides is 1.